The molecule has 0 aromatic carbocycles. The first kappa shape index (κ1) is 63.3. The van der Waals surface area contributed by atoms with Crippen LogP contribution in [0, 0.1) is 0 Å². The lowest BCUT2D eigenvalue weighted by Crippen LogP contribution is -2.30. The SMILES string of the molecule is CC/C=C\C/C=C\C/C=C\C/C=C\C/C=C\C/C=C\C/C=C\C/C=C\CCCCC(=O)OCC(COC(=O)CCCCCCCCCCCCC)OC(=O)CCCCCCCCCCCCC. The highest BCUT2D eigenvalue weighted by molar-refractivity contribution is 5.71. The molecule has 67 heavy (non-hydrogen) atoms. The van der Waals surface area contributed by atoms with Crippen molar-refractivity contribution in [2.45, 2.75) is 258 Å². The second-order valence-corrected chi connectivity index (χ2v) is 18.1. The number of hydrogen-bond acceptors (Lipinski definition) is 6. The molecular weight excluding hydrogens is 829 g/mol. The third-order valence-corrected chi connectivity index (χ3v) is 11.6. The fraction of sp³-hybridized carbons (Fsp3) is 0.689. The first-order valence-corrected chi connectivity index (χ1v) is 27.7. The normalized spacial score (nSPS) is 12.8. The smallest absolute Gasteiger partial charge is 0.306 e. The Bertz CT molecular complexity index is 1350. The molecule has 0 aliphatic rings. The van der Waals surface area contributed by atoms with Crippen molar-refractivity contribution in [1.82, 2.24) is 0 Å². The van der Waals surface area contributed by atoms with E-state index in [1.807, 2.05) is 0 Å². The van der Waals surface area contributed by atoms with E-state index in [2.05, 4.69) is 118 Å². The van der Waals surface area contributed by atoms with Gasteiger partial charge in [-0.05, 0) is 83.5 Å². The molecule has 6 heteroatoms. The van der Waals surface area contributed by atoms with Gasteiger partial charge in [-0.3, -0.25) is 14.4 Å². The summed E-state index contributed by atoms with van der Waals surface area (Å²) < 4.78 is 16.8. The Hall–Kier alpha value is -3.67. The van der Waals surface area contributed by atoms with Crippen molar-refractivity contribution >= 4 is 17.9 Å². The molecule has 0 spiro atoms. The number of ether oxygens (including phenoxy) is 3. The van der Waals surface area contributed by atoms with Crippen molar-refractivity contribution in [2.75, 3.05) is 13.2 Å². The maximum Gasteiger partial charge on any atom is 0.306 e. The van der Waals surface area contributed by atoms with Gasteiger partial charge in [0.05, 0.1) is 0 Å². The highest BCUT2D eigenvalue weighted by Gasteiger charge is 2.19. The van der Waals surface area contributed by atoms with Gasteiger partial charge in [-0.2, -0.15) is 0 Å². The van der Waals surface area contributed by atoms with E-state index in [-0.39, 0.29) is 31.1 Å². The van der Waals surface area contributed by atoms with Crippen LogP contribution in [0.1, 0.15) is 252 Å². The summed E-state index contributed by atoms with van der Waals surface area (Å²) in [5.74, 6) is -0.934. The fourth-order valence-corrected chi connectivity index (χ4v) is 7.46. The lowest BCUT2D eigenvalue weighted by molar-refractivity contribution is -0.167. The predicted molar refractivity (Wildman–Crippen MR) is 288 cm³/mol. The molecule has 382 valence electrons. The molecule has 0 radical (unpaired) electrons. The van der Waals surface area contributed by atoms with Crippen LogP contribution in [0.3, 0.4) is 0 Å². The van der Waals surface area contributed by atoms with Gasteiger partial charge >= 0.3 is 17.9 Å². The predicted octanol–water partition coefficient (Wildman–Crippen LogP) is 18.5. The van der Waals surface area contributed by atoms with Gasteiger partial charge in [-0.1, -0.05) is 246 Å². The lowest BCUT2D eigenvalue weighted by Gasteiger charge is -2.18. The van der Waals surface area contributed by atoms with Gasteiger partial charge in [0.25, 0.3) is 0 Å². The van der Waals surface area contributed by atoms with E-state index < -0.39 is 6.10 Å². The summed E-state index contributed by atoms with van der Waals surface area (Å²) in [6, 6.07) is 0. The first-order chi connectivity index (χ1) is 33.0. The number of carbonyl (C=O) groups is 3. The van der Waals surface area contributed by atoms with E-state index in [4.69, 9.17) is 14.2 Å². The van der Waals surface area contributed by atoms with Crippen molar-refractivity contribution in [3.05, 3.63) is 97.2 Å². The molecule has 6 nitrogen and oxygen atoms in total. The summed E-state index contributed by atoms with van der Waals surface area (Å²) in [4.78, 5) is 37.9. The molecule has 0 aromatic rings. The molecule has 0 amide bonds. The average Bonchev–Trinajstić information content (AvgIpc) is 3.33. The van der Waals surface area contributed by atoms with E-state index in [9.17, 15) is 14.4 Å². The minimum absolute atomic E-state index is 0.0885. The van der Waals surface area contributed by atoms with Crippen LogP contribution >= 0.6 is 0 Å². The number of hydrogen-bond donors (Lipinski definition) is 0. The lowest BCUT2D eigenvalue weighted by atomic mass is 10.1. The van der Waals surface area contributed by atoms with Crippen molar-refractivity contribution < 1.29 is 28.6 Å². The highest BCUT2D eigenvalue weighted by atomic mass is 16.6. The van der Waals surface area contributed by atoms with Crippen LogP contribution in [0.25, 0.3) is 0 Å². The van der Waals surface area contributed by atoms with Crippen LogP contribution < -0.4 is 0 Å². The van der Waals surface area contributed by atoms with Crippen molar-refractivity contribution in [3.63, 3.8) is 0 Å². The third kappa shape index (κ3) is 53.2. The second kappa shape index (κ2) is 54.9. The maximum atomic E-state index is 12.8. The van der Waals surface area contributed by atoms with Crippen LogP contribution in [0.2, 0.25) is 0 Å². The Balaban J connectivity index is 4.34. The van der Waals surface area contributed by atoms with Crippen molar-refractivity contribution in [1.29, 1.82) is 0 Å². The number of allylic oxidation sites excluding steroid dienone is 16. The summed E-state index contributed by atoms with van der Waals surface area (Å²) in [5, 5.41) is 0. The fourth-order valence-electron chi connectivity index (χ4n) is 7.46. The quantitative estimate of drug-likeness (QED) is 0.0262. The number of esters is 3. The van der Waals surface area contributed by atoms with Gasteiger partial charge in [0.15, 0.2) is 6.10 Å². The Kier molecular flexibility index (Phi) is 51.9. The summed E-state index contributed by atoms with van der Waals surface area (Å²) >= 11 is 0. The van der Waals surface area contributed by atoms with Gasteiger partial charge < -0.3 is 14.2 Å². The Morgan fingerprint density at radius 2 is 0.582 bits per heavy atom. The molecule has 0 fully saturated rings. The Labute approximate surface area is 413 Å². The van der Waals surface area contributed by atoms with Crippen LogP contribution in [-0.2, 0) is 28.6 Å². The third-order valence-electron chi connectivity index (χ3n) is 11.6. The monoisotopic (exact) mass is 931 g/mol. The number of unbranched alkanes of at least 4 members (excludes halogenated alkanes) is 22. The van der Waals surface area contributed by atoms with E-state index in [0.29, 0.717) is 19.3 Å². The second-order valence-electron chi connectivity index (χ2n) is 18.1. The number of carbonyl (C=O) groups excluding carboxylic acids is 3. The van der Waals surface area contributed by atoms with Crippen LogP contribution in [0.5, 0.6) is 0 Å². The van der Waals surface area contributed by atoms with Gasteiger partial charge in [0.2, 0.25) is 0 Å². The molecule has 0 saturated carbocycles. The van der Waals surface area contributed by atoms with E-state index in [1.165, 1.54) is 103 Å². The van der Waals surface area contributed by atoms with E-state index >= 15 is 0 Å². The molecule has 0 saturated heterocycles. The maximum absolute atomic E-state index is 12.8. The summed E-state index contributed by atoms with van der Waals surface area (Å²) in [6.45, 7) is 6.47. The Morgan fingerprint density at radius 3 is 0.910 bits per heavy atom. The van der Waals surface area contributed by atoms with Gasteiger partial charge in [0, 0.05) is 19.3 Å². The summed E-state index contributed by atoms with van der Waals surface area (Å²) in [7, 11) is 0. The van der Waals surface area contributed by atoms with E-state index in [1.54, 1.807) is 0 Å². The standard InChI is InChI=1S/C61H102O6/c1-4-7-10-13-16-19-22-23-24-25-26-27-28-29-30-31-32-33-34-35-36-37-40-42-45-48-51-54-60(63)66-57-58(67-61(64)55-52-49-46-43-39-21-18-15-12-9-6-3)56-65-59(62)53-50-47-44-41-38-20-17-14-11-8-5-2/h7,10,16,19,23-24,26-27,29-30,32-33,35-36,40,42,58H,4-6,8-9,11-15,17-18,20-22,25,28,31,34,37-39,41,43-57H2,1-3H3/b10-7-,19-16-,24-23-,27-26-,30-29-,33-32-,36-35-,42-40-. The zero-order chi connectivity index (χ0) is 48.6. The first-order valence-electron chi connectivity index (χ1n) is 27.7. The van der Waals surface area contributed by atoms with Crippen LogP contribution in [0.4, 0.5) is 0 Å². The largest absolute Gasteiger partial charge is 0.462 e. The molecule has 0 aliphatic carbocycles. The van der Waals surface area contributed by atoms with Crippen LogP contribution in [-0.4, -0.2) is 37.2 Å². The zero-order valence-electron chi connectivity index (χ0n) is 43.6. The highest BCUT2D eigenvalue weighted by Crippen LogP contribution is 2.15. The Morgan fingerprint density at radius 1 is 0.313 bits per heavy atom. The molecule has 0 N–H and O–H groups in total. The summed E-state index contributed by atoms with van der Waals surface area (Å²) in [5.41, 5.74) is 0. The van der Waals surface area contributed by atoms with E-state index in [0.717, 1.165) is 109 Å². The van der Waals surface area contributed by atoms with Crippen molar-refractivity contribution in [2.24, 2.45) is 0 Å². The van der Waals surface area contributed by atoms with Crippen LogP contribution in [0.15, 0.2) is 97.2 Å². The molecule has 0 rings (SSSR count). The zero-order valence-corrected chi connectivity index (χ0v) is 43.6. The molecule has 1 atom stereocenters. The minimum Gasteiger partial charge on any atom is -0.462 e. The molecule has 0 aromatic heterocycles. The number of rotatable bonds is 49. The molecule has 0 bridgehead atoms. The molecular formula is C61H102O6. The van der Waals surface area contributed by atoms with Gasteiger partial charge in [-0.25, -0.2) is 0 Å². The topological polar surface area (TPSA) is 78.9 Å². The molecule has 0 heterocycles. The summed E-state index contributed by atoms with van der Waals surface area (Å²) in [6.07, 6.45) is 72.6. The average molecular weight is 931 g/mol. The molecule has 1 unspecified atom stereocenters. The van der Waals surface area contributed by atoms with Gasteiger partial charge in [0.1, 0.15) is 13.2 Å². The molecule has 0 aliphatic heterocycles. The van der Waals surface area contributed by atoms with Crippen molar-refractivity contribution in [3.8, 4) is 0 Å². The minimum atomic E-state index is -0.791. The van der Waals surface area contributed by atoms with Gasteiger partial charge in [-0.15, -0.1) is 0 Å².